The Bertz CT molecular complexity index is 1060. The Kier molecular flexibility index (Phi) is 3.72. The van der Waals surface area contributed by atoms with Gasteiger partial charge in [0.2, 0.25) is 6.04 Å². The zero-order valence-corrected chi connectivity index (χ0v) is 15.4. The van der Waals surface area contributed by atoms with Crippen LogP contribution in [0.2, 0.25) is 0 Å². The number of hydrogen-bond donors (Lipinski definition) is 1. The van der Waals surface area contributed by atoms with Gasteiger partial charge in [0, 0.05) is 34.9 Å². The molecule has 1 spiro atoms. The lowest BCUT2D eigenvalue weighted by atomic mass is 9.73. The van der Waals surface area contributed by atoms with Crippen LogP contribution >= 0.6 is 0 Å². The van der Waals surface area contributed by atoms with Gasteiger partial charge in [-0.3, -0.25) is 29.9 Å². The van der Waals surface area contributed by atoms with Crippen LogP contribution in [0.25, 0.3) is 0 Å². The van der Waals surface area contributed by atoms with Crippen molar-refractivity contribution in [3.05, 3.63) is 79.9 Å². The summed E-state index contributed by atoms with van der Waals surface area (Å²) >= 11 is 0. The molecule has 0 aromatic heterocycles. The van der Waals surface area contributed by atoms with E-state index in [0.717, 1.165) is 6.42 Å². The topological polar surface area (TPSA) is 119 Å². The lowest BCUT2D eigenvalue weighted by molar-refractivity contribution is -0.527. The van der Waals surface area contributed by atoms with Crippen LogP contribution in [0.3, 0.4) is 0 Å². The zero-order chi connectivity index (χ0) is 20.3. The number of carbonyl (C=O) groups is 1. The molecule has 0 bridgehead atoms. The number of hydrogen-bond acceptors (Lipinski definition) is 6. The Hall–Kier alpha value is -3.33. The summed E-state index contributed by atoms with van der Waals surface area (Å²) in [5.74, 6) is -1.13. The number of nitrogens with zero attached hydrogens (tertiary/aromatic N) is 3. The van der Waals surface area contributed by atoms with E-state index in [2.05, 4.69) is 5.32 Å². The third kappa shape index (κ3) is 2.21. The maximum absolute atomic E-state index is 13.5. The zero-order valence-electron chi connectivity index (χ0n) is 15.4. The Morgan fingerprint density at radius 1 is 1.10 bits per heavy atom. The highest BCUT2D eigenvalue weighted by atomic mass is 16.6. The molecule has 2 fully saturated rings. The van der Waals surface area contributed by atoms with Crippen LogP contribution in [-0.2, 0) is 10.3 Å². The molecule has 2 aromatic carbocycles. The molecule has 29 heavy (non-hydrogen) atoms. The largest absolute Gasteiger partial charge is 0.324 e. The van der Waals surface area contributed by atoms with Gasteiger partial charge in [0.15, 0.2) is 0 Å². The van der Waals surface area contributed by atoms with Gasteiger partial charge in [-0.25, -0.2) is 0 Å². The van der Waals surface area contributed by atoms with Crippen molar-refractivity contribution >= 4 is 17.3 Å². The van der Waals surface area contributed by atoms with Gasteiger partial charge in [-0.05, 0) is 24.5 Å². The Morgan fingerprint density at radius 2 is 1.90 bits per heavy atom. The number of nitrogens with one attached hydrogen (secondary N) is 1. The summed E-state index contributed by atoms with van der Waals surface area (Å²) in [6.07, 6.45) is 1.39. The molecule has 0 radical (unpaired) electrons. The van der Waals surface area contributed by atoms with Gasteiger partial charge in [0.25, 0.3) is 11.6 Å². The van der Waals surface area contributed by atoms with Crippen LogP contribution in [0.5, 0.6) is 0 Å². The lowest BCUT2D eigenvalue weighted by Crippen LogP contribution is -2.50. The first-order valence-electron chi connectivity index (χ1n) is 9.52. The fraction of sp³-hybridized carbons (Fsp3) is 0.350. The second-order valence-electron chi connectivity index (χ2n) is 7.77. The molecule has 148 valence electrons. The maximum Gasteiger partial charge on any atom is 0.269 e. The minimum absolute atomic E-state index is 0.140. The highest BCUT2D eigenvalue weighted by molar-refractivity contribution is 6.07. The van der Waals surface area contributed by atoms with E-state index >= 15 is 0 Å². The summed E-state index contributed by atoms with van der Waals surface area (Å²) in [6, 6.07) is 11.7. The lowest BCUT2D eigenvalue weighted by Gasteiger charge is -2.36. The van der Waals surface area contributed by atoms with Gasteiger partial charge in [0.1, 0.15) is 5.54 Å². The summed E-state index contributed by atoms with van der Waals surface area (Å²) in [5, 5.41) is 26.5. The van der Waals surface area contributed by atoms with E-state index in [1.165, 1.54) is 18.2 Å². The van der Waals surface area contributed by atoms with E-state index in [0.29, 0.717) is 29.8 Å². The normalized spacial score (nSPS) is 30.2. The molecule has 3 unspecified atom stereocenters. The fourth-order valence-corrected chi connectivity index (χ4v) is 5.62. The summed E-state index contributed by atoms with van der Waals surface area (Å²) in [6.45, 7) is 0.572. The molecule has 3 heterocycles. The predicted octanol–water partition coefficient (Wildman–Crippen LogP) is 2.65. The Morgan fingerprint density at radius 3 is 2.66 bits per heavy atom. The summed E-state index contributed by atoms with van der Waals surface area (Å²) < 4.78 is 0. The van der Waals surface area contributed by atoms with Crippen LogP contribution in [0, 0.1) is 20.2 Å². The molecule has 4 atom stereocenters. The van der Waals surface area contributed by atoms with Gasteiger partial charge in [-0.15, -0.1) is 0 Å². The van der Waals surface area contributed by atoms with E-state index in [1.54, 1.807) is 12.1 Å². The van der Waals surface area contributed by atoms with Crippen LogP contribution in [0.1, 0.15) is 29.9 Å². The molecule has 9 heteroatoms. The number of nitro groups is 2. The minimum atomic E-state index is -1.25. The molecule has 0 aliphatic carbocycles. The maximum atomic E-state index is 13.5. The van der Waals surface area contributed by atoms with E-state index < -0.39 is 28.5 Å². The van der Waals surface area contributed by atoms with Crippen molar-refractivity contribution in [1.82, 2.24) is 4.90 Å². The molecule has 3 aliphatic rings. The molecule has 2 aromatic rings. The third-order valence-electron chi connectivity index (χ3n) is 6.55. The first kappa shape index (κ1) is 17.7. The van der Waals surface area contributed by atoms with Crippen LogP contribution in [-0.4, -0.2) is 39.3 Å². The smallest absolute Gasteiger partial charge is 0.269 e. The highest BCUT2D eigenvalue weighted by Crippen LogP contribution is 2.59. The number of para-hydroxylation sites is 1. The molecule has 1 amide bonds. The molecular formula is C20H18N4O5. The number of nitro benzene ring substituents is 1. The van der Waals surface area contributed by atoms with Gasteiger partial charge in [0.05, 0.1) is 16.9 Å². The average Bonchev–Trinajstić information content (AvgIpc) is 3.35. The molecule has 2 saturated heterocycles. The molecule has 1 N–H and O–H groups in total. The SMILES string of the molecule is O=C1Nc2ccccc2[C@@]12C(c1cccc([N+](=O)[O-])c1)C([N+](=O)[O-])C1CCCN12. The second-order valence-corrected chi connectivity index (χ2v) is 7.77. The van der Waals surface area contributed by atoms with Crippen molar-refractivity contribution in [2.24, 2.45) is 0 Å². The van der Waals surface area contributed by atoms with Crippen molar-refractivity contribution in [1.29, 1.82) is 0 Å². The standard InChI is InChI=1S/C20H18N4O5/c25-19-20(14-7-1-2-8-15(14)21-19)17(12-5-3-6-13(11-12)23(26)27)18(24(28)29)16-9-4-10-22(16)20/h1-3,5-8,11,16-18H,4,9-10H2,(H,21,25)/t16?,17?,18?,20-/m1/s1. The number of non-ortho nitro benzene ring substituents is 1. The van der Waals surface area contributed by atoms with E-state index in [1.807, 2.05) is 23.1 Å². The van der Waals surface area contributed by atoms with E-state index in [-0.39, 0.29) is 16.5 Å². The van der Waals surface area contributed by atoms with Crippen molar-refractivity contribution in [2.45, 2.75) is 36.4 Å². The van der Waals surface area contributed by atoms with Crippen molar-refractivity contribution < 1.29 is 14.6 Å². The number of fused-ring (bicyclic) bond motifs is 4. The highest BCUT2D eigenvalue weighted by Gasteiger charge is 2.71. The number of anilines is 1. The first-order valence-corrected chi connectivity index (χ1v) is 9.52. The molecule has 0 saturated carbocycles. The molecule has 3 aliphatic heterocycles. The number of rotatable bonds is 3. The number of amides is 1. The van der Waals surface area contributed by atoms with Crippen LogP contribution in [0.4, 0.5) is 11.4 Å². The van der Waals surface area contributed by atoms with Crippen LogP contribution < -0.4 is 5.32 Å². The number of carbonyl (C=O) groups excluding carboxylic acids is 1. The molecule has 5 rings (SSSR count). The van der Waals surface area contributed by atoms with Gasteiger partial charge in [-0.2, -0.15) is 0 Å². The predicted molar refractivity (Wildman–Crippen MR) is 103 cm³/mol. The van der Waals surface area contributed by atoms with Crippen LogP contribution in [0.15, 0.2) is 48.5 Å². The van der Waals surface area contributed by atoms with Gasteiger partial charge >= 0.3 is 0 Å². The molecule has 9 nitrogen and oxygen atoms in total. The third-order valence-corrected chi connectivity index (χ3v) is 6.55. The number of benzene rings is 2. The monoisotopic (exact) mass is 394 g/mol. The summed E-state index contributed by atoms with van der Waals surface area (Å²) in [7, 11) is 0. The van der Waals surface area contributed by atoms with E-state index in [9.17, 15) is 25.0 Å². The van der Waals surface area contributed by atoms with Crippen molar-refractivity contribution in [3.63, 3.8) is 0 Å². The summed E-state index contributed by atoms with van der Waals surface area (Å²) in [5.41, 5.74) is 0.408. The van der Waals surface area contributed by atoms with Crippen molar-refractivity contribution in [2.75, 3.05) is 11.9 Å². The van der Waals surface area contributed by atoms with Gasteiger partial charge in [-0.1, -0.05) is 30.3 Å². The Labute approximate surface area is 165 Å². The minimum Gasteiger partial charge on any atom is -0.324 e. The summed E-state index contributed by atoms with van der Waals surface area (Å²) in [4.78, 5) is 38.2. The quantitative estimate of drug-likeness (QED) is 0.631. The second kappa shape index (κ2) is 6.08. The fourth-order valence-electron chi connectivity index (χ4n) is 5.62. The van der Waals surface area contributed by atoms with Gasteiger partial charge < -0.3 is 5.32 Å². The van der Waals surface area contributed by atoms with Crippen molar-refractivity contribution in [3.8, 4) is 0 Å². The first-order chi connectivity index (χ1) is 14.0. The average molecular weight is 394 g/mol. The molecular weight excluding hydrogens is 376 g/mol. The van der Waals surface area contributed by atoms with E-state index in [4.69, 9.17) is 0 Å². The Balaban J connectivity index is 1.80.